The summed E-state index contributed by atoms with van der Waals surface area (Å²) in [5.74, 6) is -0.235. The summed E-state index contributed by atoms with van der Waals surface area (Å²) in [5.41, 5.74) is 7.81. The number of hydrogen-bond donors (Lipinski definition) is 3. The molecular weight excluding hydrogens is 274 g/mol. The minimum absolute atomic E-state index is 0.0725. The maximum absolute atomic E-state index is 12.4. The highest BCUT2D eigenvalue weighted by Gasteiger charge is 2.25. The standard InChI is InChI=1S/C14H21N3O2S/c1-9(2)13(14(15)16)17-20(18,19)12-7-6-10-4-3-5-11(10)8-12/h6-9,13,17H,3-5H2,1-2H3,(H3,15,16). The van der Waals surface area contributed by atoms with Crippen molar-refractivity contribution in [3.05, 3.63) is 29.3 Å². The lowest BCUT2D eigenvalue weighted by atomic mass is 10.1. The lowest BCUT2D eigenvalue weighted by Gasteiger charge is -2.21. The molecule has 1 atom stereocenters. The molecule has 5 nitrogen and oxygen atoms in total. The minimum Gasteiger partial charge on any atom is -0.386 e. The van der Waals surface area contributed by atoms with Gasteiger partial charge in [-0.3, -0.25) is 5.41 Å². The summed E-state index contributed by atoms with van der Waals surface area (Å²) in [7, 11) is -3.64. The SMILES string of the molecule is CC(C)C(NS(=O)(=O)c1ccc2c(c1)CCC2)C(=N)N. The monoisotopic (exact) mass is 295 g/mol. The maximum Gasteiger partial charge on any atom is 0.241 e. The summed E-state index contributed by atoms with van der Waals surface area (Å²) in [4.78, 5) is 0.255. The van der Waals surface area contributed by atoms with Crippen LogP contribution < -0.4 is 10.5 Å². The van der Waals surface area contributed by atoms with Gasteiger partial charge in [0.1, 0.15) is 5.84 Å². The van der Waals surface area contributed by atoms with Gasteiger partial charge in [-0.25, -0.2) is 13.1 Å². The molecular formula is C14H21N3O2S. The van der Waals surface area contributed by atoms with Crippen LogP contribution in [0.4, 0.5) is 0 Å². The number of sulfonamides is 1. The molecule has 0 aromatic heterocycles. The molecule has 1 unspecified atom stereocenters. The quantitative estimate of drug-likeness (QED) is 0.566. The zero-order valence-corrected chi connectivity index (χ0v) is 12.6. The van der Waals surface area contributed by atoms with Gasteiger partial charge in [-0.2, -0.15) is 0 Å². The molecule has 110 valence electrons. The third-order valence-corrected chi connectivity index (χ3v) is 5.10. The second kappa shape index (κ2) is 5.54. The highest BCUT2D eigenvalue weighted by molar-refractivity contribution is 7.89. The zero-order valence-electron chi connectivity index (χ0n) is 11.8. The van der Waals surface area contributed by atoms with Crippen LogP contribution in [0.15, 0.2) is 23.1 Å². The lowest BCUT2D eigenvalue weighted by molar-refractivity contribution is 0.522. The number of nitrogens with two attached hydrogens (primary N) is 1. The average Bonchev–Trinajstić information content (AvgIpc) is 2.82. The van der Waals surface area contributed by atoms with E-state index in [1.165, 1.54) is 5.56 Å². The summed E-state index contributed by atoms with van der Waals surface area (Å²) >= 11 is 0. The van der Waals surface area contributed by atoms with E-state index in [2.05, 4.69) is 4.72 Å². The summed E-state index contributed by atoms with van der Waals surface area (Å²) in [6.07, 6.45) is 3.03. The van der Waals surface area contributed by atoms with Crippen molar-refractivity contribution in [2.75, 3.05) is 0 Å². The van der Waals surface area contributed by atoms with Crippen LogP contribution in [0, 0.1) is 11.3 Å². The molecule has 0 spiro atoms. The third-order valence-electron chi connectivity index (χ3n) is 3.66. The Morgan fingerprint density at radius 1 is 1.30 bits per heavy atom. The highest BCUT2D eigenvalue weighted by Crippen LogP contribution is 2.25. The predicted molar refractivity (Wildman–Crippen MR) is 79.3 cm³/mol. The summed E-state index contributed by atoms with van der Waals surface area (Å²) in [6.45, 7) is 3.66. The molecule has 6 heteroatoms. The first kappa shape index (κ1) is 15.0. The Morgan fingerprint density at radius 2 is 1.95 bits per heavy atom. The van der Waals surface area contributed by atoms with E-state index in [1.54, 1.807) is 12.1 Å². The molecule has 0 fully saturated rings. The first-order valence-corrected chi connectivity index (χ1v) is 8.27. The molecule has 0 heterocycles. The van der Waals surface area contributed by atoms with Crippen molar-refractivity contribution in [1.29, 1.82) is 5.41 Å². The molecule has 1 aliphatic rings. The van der Waals surface area contributed by atoms with Crippen molar-refractivity contribution in [1.82, 2.24) is 4.72 Å². The number of hydrogen-bond acceptors (Lipinski definition) is 3. The molecule has 0 saturated heterocycles. The second-order valence-corrected chi connectivity index (χ2v) is 7.30. The Balaban J connectivity index is 2.28. The third kappa shape index (κ3) is 3.02. The number of amidine groups is 1. The van der Waals surface area contributed by atoms with Gasteiger partial charge < -0.3 is 5.73 Å². The van der Waals surface area contributed by atoms with Crippen LogP contribution in [0.1, 0.15) is 31.4 Å². The van der Waals surface area contributed by atoms with Gasteiger partial charge in [0.25, 0.3) is 0 Å². The molecule has 1 aromatic carbocycles. The molecule has 4 N–H and O–H groups in total. The predicted octanol–water partition coefficient (Wildman–Crippen LogP) is 1.41. The van der Waals surface area contributed by atoms with Gasteiger partial charge in [-0.1, -0.05) is 19.9 Å². The fourth-order valence-corrected chi connectivity index (χ4v) is 3.92. The first-order valence-electron chi connectivity index (χ1n) is 6.79. The van der Waals surface area contributed by atoms with E-state index in [0.29, 0.717) is 0 Å². The van der Waals surface area contributed by atoms with Crippen LogP contribution in [-0.2, 0) is 22.9 Å². The van der Waals surface area contributed by atoms with Crippen LogP contribution in [0.25, 0.3) is 0 Å². The number of aryl methyl sites for hydroxylation is 2. The Kier molecular flexibility index (Phi) is 4.15. The van der Waals surface area contributed by atoms with E-state index in [-0.39, 0.29) is 16.6 Å². The Morgan fingerprint density at radius 3 is 2.55 bits per heavy atom. The van der Waals surface area contributed by atoms with Gasteiger partial charge >= 0.3 is 0 Å². The van der Waals surface area contributed by atoms with Crippen molar-refractivity contribution in [3.8, 4) is 0 Å². The number of rotatable bonds is 5. The van der Waals surface area contributed by atoms with Crippen LogP contribution in [0.5, 0.6) is 0 Å². The van der Waals surface area contributed by atoms with E-state index in [4.69, 9.17) is 11.1 Å². The molecule has 20 heavy (non-hydrogen) atoms. The van der Waals surface area contributed by atoms with Crippen molar-refractivity contribution in [3.63, 3.8) is 0 Å². The van der Waals surface area contributed by atoms with Gasteiger partial charge in [-0.05, 0) is 48.4 Å². The molecule has 0 bridgehead atoms. The largest absolute Gasteiger partial charge is 0.386 e. The average molecular weight is 295 g/mol. The summed E-state index contributed by atoms with van der Waals surface area (Å²) in [6, 6.07) is 4.58. The van der Waals surface area contributed by atoms with Crippen LogP contribution in [0.3, 0.4) is 0 Å². The van der Waals surface area contributed by atoms with Gasteiger partial charge in [0.05, 0.1) is 10.9 Å². The van der Waals surface area contributed by atoms with Gasteiger partial charge in [0.2, 0.25) is 10.0 Å². The van der Waals surface area contributed by atoms with Crippen molar-refractivity contribution >= 4 is 15.9 Å². The Bertz CT molecular complexity index is 623. The number of benzene rings is 1. The molecule has 0 radical (unpaired) electrons. The topological polar surface area (TPSA) is 96.0 Å². The Labute approximate surface area is 120 Å². The molecule has 1 aliphatic carbocycles. The fourth-order valence-electron chi connectivity index (χ4n) is 2.51. The van der Waals surface area contributed by atoms with E-state index in [9.17, 15) is 8.42 Å². The first-order chi connectivity index (χ1) is 9.31. The van der Waals surface area contributed by atoms with Crippen molar-refractivity contribution < 1.29 is 8.42 Å². The van der Waals surface area contributed by atoms with E-state index in [1.807, 2.05) is 19.9 Å². The minimum atomic E-state index is -3.64. The van der Waals surface area contributed by atoms with E-state index < -0.39 is 16.1 Å². The molecule has 0 amide bonds. The normalized spacial score (nSPS) is 16.1. The summed E-state index contributed by atoms with van der Waals surface area (Å²) < 4.78 is 27.3. The van der Waals surface area contributed by atoms with Gasteiger partial charge in [0, 0.05) is 0 Å². The van der Waals surface area contributed by atoms with Gasteiger partial charge in [0.15, 0.2) is 0 Å². The zero-order chi connectivity index (χ0) is 14.9. The van der Waals surface area contributed by atoms with Crippen LogP contribution in [0.2, 0.25) is 0 Å². The number of fused-ring (bicyclic) bond motifs is 1. The van der Waals surface area contributed by atoms with E-state index >= 15 is 0 Å². The van der Waals surface area contributed by atoms with Crippen molar-refractivity contribution in [2.45, 2.75) is 44.0 Å². The number of nitrogens with one attached hydrogen (secondary N) is 2. The highest BCUT2D eigenvalue weighted by atomic mass is 32.2. The maximum atomic E-state index is 12.4. The van der Waals surface area contributed by atoms with Gasteiger partial charge in [-0.15, -0.1) is 0 Å². The molecule has 0 saturated carbocycles. The van der Waals surface area contributed by atoms with Crippen LogP contribution in [-0.4, -0.2) is 20.3 Å². The Hall–Kier alpha value is -1.40. The second-order valence-electron chi connectivity index (χ2n) is 5.58. The fraction of sp³-hybridized carbons (Fsp3) is 0.500. The summed E-state index contributed by atoms with van der Waals surface area (Å²) in [5, 5.41) is 7.50. The lowest BCUT2D eigenvalue weighted by Crippen LogP contribution is -2.47. The smallest absolute Gasteiger partial charge is 0.241 e. The van der Waals surface area contributed by atoms with Crippen LogP contribution >= 0.6 is 0 Å². The molecule has 1 aromatic rings. The van der Waals surface area contributed by atoms with E-state index in [0.717, 1.165) is 24.8 Å². The molecule has 2 rings (SSSR count). The van der Waals surface area contributed by atoms with Crippen molar-refractivity contribution in [2.24, 2.45) is 11.7 Å². The molecule has 0 aliphatic heterocycles.